The topological polar surface area (TPSA) is 59.3 Å². The fourth-order valence-corrected chi connectivity index (χ4v) is 9.05. The smallest absolute Gasteiger partial charge is 0.262 e. The minimum atomic E-state index is -3.96. The van der Waals surface area contributed by atoms with Crippen molar-refractivity contribution >= 4 is 38.4 Å². The second-order valence-corrected chi connectivity index (χ2v) is 14.9. The first-order chi connectivity index (χ1) is 23.3. The monoisotopic (exact) mass is 665 g/mol. The maximum atomic E-state index is 14.0. The van der Waals surface area contributed by atoms with Gasteiger partial charge in [0.05, 0.1) is 20.6 Å². The molecule has 0 aliphatic rings. The van der Waals surface area contributed by atoms with Gasteiger partial charge in [0, 0.05) is 5.39 Å². The molecular formula is C42H35NO3S2. The molecule has 7 rings (SSSR count). The van der Waals surface area contributed by atoms with Gasteiger partial charge >= 0.3 is 0 Å². The summed E-state index contributed by atoms with van der Waals surface area (Å²) in [6, 6.07) is 54.5. The molecule has 6 aromatic carbocycles. The second-order valence-electron chi connectivity index (χ2n) is 11.9. The number of aryl methyl sites for hydroxylation is 2. The third-order valence-corrected chi connectivity index (χ3v) is 11.8. The maximum Gasteiger partial charge on any atom is 0.262 e. The lowest BCUT2D eigenvalue weighted by Gasteiger charge is -2.38. The Kier molecular flexibility index (Phi) is 8.69. The number of hydrogen-bond acceptors (Lipinski definition) is 4. The van der Waals surface area contributed by atoms with Crippen LogP contribution in [0.15, 0.2) is 173 Å². The highest BCUT2D eigenvalue weighted by atomic mass is 32.2. The van der Waals surface area contributed by atoms with E-state index in [1.165, 1.54) is 0 Å². The van der Waals surface area contributed by atoms with Gasteiger partial charge in [-0.15, -0.1) is 11.8 Å². The Bertz CT molecular complexity index is 2150. The minimum Gasteiger partial charge on any atom is -0.457 e. The van der Waals surface area contributed by atoms with Crippen LogP contribution in [0.25, 0.3) is 11.0 Å². The van der Waals surface area contributed by atoms with Crippen LogP contribution in [0.4, 0.5) is 5.69 Å². The van der Waals surface area contributed by atoms with Crippen LogP contribution in [0.2, 0.25) is 0 Å². The molecule has 0 aliphatic heterocycles. The van der Waals surface area contributed by atoms with Crippen molar-refractivity contribution < 1.29 is 12.8 Å². The van der Waals surface area contributed by atoms with E-state index in [0.717, 1.165) is 33.4 Å². The summed E-state index contributed by atoms with van der Waals surface area (Å²) in [4.78, 5) is 0.191. The van der Waals surface area contributed by atoms with Gasteiger partial charge in [-0.3, -0.25) is 4.72 Å². The molecule has 0 saturated heterocycles. The van der Waals surface area contributed by atoms with Crippen molar-refractivity contribution in [1.29, 1.82) is 0 Å². The third-order valence-electron chi connectivity index (χ3n) is 8.62. The van der Waals surface area contributed by atoms with Crippen LogP contribution >= 0.6 is 11.8 Å². The van der Waals surface area contributed by atoms with Gasteiger partial charge in [-0.2, -0.15) is 0 Å². The molecule has 0 aliphatic carbocycles. The van der Waals surface area contributed by atoms with Crippen LogP contribution in [-0.2, 0) is 14.8 Å². The number of hydrogen-bond donors (Lipinski definition) is 1. The zero-order valence-corrected chi connectivity index (χ0v) is 28.3. The van der Waals surface area contributed by atoms with E-state index in [1.54, 1.807) is 23.9 Å². The summed E-state index contributed by atoms with van der Waals surface area (Å²) < 4.78 is 37.1. The van der Waals surface area contributed by atoms with E-state index in [4.69, 9.17) is 4.42 Å². The number of rotatable bonds is 10. The second kappa shape index (κ2) is 13.2. The molecule has 6 heteroatoms. The molecular weight excluding hydrogens is 631 g/mol. The molecule has 1 atom stereocenters. The lowest BCUT2D eigenvalue weighted by Crippen LogP contribution is -2.27. The van der Waals surface area contributed by atoms with Gasteiger partial charge in [-0.1, -0.05) is 145 Å². The van der Waals surface area contributed by atoms with Crippen LogP contribution in [0.3, 0.4) is 0 Å². The van der Waals surface area contributed by atoms with E-state index in [9.17, 15) is 8.42 Å². The SMILES string of the molecule is Cc1ccc(S(=O)(=O)Nc2c(C(SC(c3ccccc3)(c3ccccc3)c3ccccc3)c3ccccc3)oc3cc(C)ccc23)cc1. The summed E-state index contributed by atoms with van der Waals surface area (Å²) in [6.45, 7) is 3.94. The molecule has 0 spiro atoms. The molecule has 7 aromatic rings. The van der Waals surface area contributed by atoms with Crippen LogP contribution in [0.1, 0.15) is 44.4 Å². The van der Waals surface area contributed by atoms with Crippen molar-refractivity contribution in [1.82, 2.24) is 0 Å². The predicted octanol–water partition coefficient (Wildman–Crippen LogP) is 10.7. The van der Waals surface area contributed by atoms with Gasteiger partial charge in [0.2, 0.25) is 0 Å². The van der Waals surface area contributed by atoms with Crippen molar-refractivity contribution in [3.63, 3.8) is 0 Å². The molecule has 48 heavy (non-hydrogen) atoms. The van der Waals surface area contributed by atoms with Crippen LogP contribution < -0.4 is 4.72 Å². The van der Waals surface area contributed by atoms with Crippen LogP contribution in [0, 0.1) is 13.8 Å². The zero-order valence-electron chi connectivity index (χ0n) is 26.7. The van der Waals surface area contributed by atoms with Gasteiger partial charge in [-0.25, -0.2) is 8.42 Å². The number of sulfonamides is 1. The number of benzene rings is 6. The average molecular weight is 666 g/mol. The molecule has 4 nitrogen and oxygen atoms in total. The van der Waals surface area contributed by atoms with Crippen molar-refractivity contribution in [2.75, 3.05) is 4.72 Å². The van der Waals surface area contributed by atoms with E-state index in [2.05, 4.69) is 89.7 Å². The third kappa shape index (κ3) is 6.05. The molecule has 1 aromatic heterocycles. The summed E-state index contributed by atoms with van der Waals surface area (Å²) in [5.74, 6) is 0.537. The van der Waals surface area contributed by atoms with Gasteiger partial charge in [0.1, 0.15) is 11.3 Å². The van der Waals surface area contributed by atoms with Crippen molar-refractivity contribution in [2.45, 2.75) is 28.7 Å². The fraction of sp³-hybridized carbons (Fsp3) is 0.0952. The van der Waals surface area contributed by atoms with Gasteiger partial charge in [0.25, 0.3) is 10.0 Å². The van der Waals surface area contributed by atoms with Crippen molar-refractivity contribution in [3.8, 4) is 0 Å². The summed E-state index contributed by atoms with van der Waals surface area (Å²) >= 11 is 1.73. The lowest BCUT2D eigenvalue weighted by molar-refractivity contribution is 0.559. The fourth-order valence-electron chi connectivity index (χ4n) is 6.22. The number of nitrogens with one attached hydrogen (secondary N) is 1. The highest BCUT2D eigenvalue weighted by Crippen LogP contribution is 2.57. The normalized spacial score (nSPS) is 12.5. The highest BCUT2D eigenvalue weighted by Gasteiger charge is 2.42. The van der Waals surface area contributed by atoms with E-state index >= 15 is 0 Å². The molecule has 0 fully saturated rings. The number of thioether (sulfide) groups is 1. The highest BCUT2D eigenvalue weighted by molar-refractivity contribution is 8.01. The number of furan rings is 1. The summed E-state index contributed by atoms with van der Waals surface area (Å²) in [5, 5.41) is 0.271. The lowest BCUT2D eigenvalue weighted by atomic mass is 9.84. The van der Waals surface area contributed by atoms with E-state index in [1.807, 2.05) is 80.6 Å². The Morgan fingerprint density at radius 3 is 1.60 bits per heavy atom. The van der Waals surface area contributed by atoms with Gasteiger partial charge in [-0.05, 0) is 65.9 Å². The first-order valence-electron chi connectivity index (χ1n) is 15.9. The molecule has 1 heterocycles. The van der Waals surface area contributed by atoms with Crippen molar-refractivity contribution in [2.24, 2.45) is 0 Å². The standard InChI is InChI=1S/C42H35NO3S2/c1-30-23-26-36(27-24-30)48(44,45)43-39-37-28-25-31(2)29-38(37)46-40(39)41(32-15-7-3-8-16-32)47-42(33-17-9-4-10-18-33,34-19-11-5-12-20-34)35-21-13-6-14-22-35/h3-29,41,43H,1-2H3. The Balaban J connectivity index is 1.50. The van der Waals surface area contributed by atoms with Crippen LogP contribution in [0.5, 0.6) is 0 Å². The van der Waals surface area contributed by atoms with Gasteiger partial charge in [0.15, 0.2) is 0 Å². The Hall–Kier alpha value is -5.04. The first-order valence-corrected chi connectivity index (χ1v) is 18.2. The Morgan fingerprint density at radius 1 is 0.604 bits per heavy atom. The maximum absolute atomic E-state index is 14.0. The predicted molar refractivity (Wildman–Crippen MR) is 198 cm³/mol. The van der Waals surface area contributed by atoms with E-state index < -0.39 is 20.0 Å². The summed E-state index contributed by atoms with van der Waals surface area (Å²) in [5.41, 5.74) is 7.35. The summed E-state index contributed by atoms with van der Waals surface area (Å²) in [6.07, 6.45) is 0. The minimum absolute atomic E-state index is 0.191. The van der Waals surface area contributed by atoms with Crippen LogP contribution in [-0.4, -0.2) is 8.42 Å². The Labute approximate surface area is 286 Å². The molecule has 1 unspecified atom stereocenters. The van der Waals surface area contributed by atoms with E-state index in [0.29, 0.717) is 22.4 Å². The first kappa shape index (κ1) is 31.6. The van der Waals surface area contributed by atoms with Gasteiger partial charge < -0.3 is 4.42 Å². The molecule has 0 amide bonds. The summed E-state index contributed by atoms with van der Waals surface area (Å²) in [7, 11) is -3.96. The number of fused-ring (bicyclic) bond motifs is 1. The zero-order chi connectivity index (χ0) is 33.1. The number of anilines is 1. The Morgan fingerprint density at radius 2 is 1.08 bits per heavy atom. The quantitative estimate of drug-likeness (QED) is 0.148. The molecule has 0 radical (unpaired) electrons. The molecule has 1 N–H and O–H groups in total. The largest absolute Gasteiger partial charge is 0.457 e. The molecule has 0 saturated carbocycles. The van der Waals surface area contributed by atoms with Crippen molar-refractivity contribution in [3.05, 3.63) is 203 Å². The van der Waals surface area contributed by atoms with E-state index in [-0.39, 0.29) is 4.90 Å². The molecule has 238 valence electrons. The average Bonchev–Trinajstić information content (AvgIpc) is 3.46. The molecule has 0 bridgehead atoms.